The molecule has 0 heterocycles. The van der Waals surface area contributed by atoms with Crippen LogP contribution in [0.5, 0.6) is 0 Å². The van der Waals surface area contributed by atoms with Gasteiger partial charge in [-0.05, 0) is 49.7 Å². The number of carbonyl (C=O) groups is 2. The summed E-state index contributed by atoms with van der Waals surface area (Å²) in [4.78, 5) is 23.9. The van der Waals surface area contributed by atoms with E-state index in [0.29, 0.717) is 12.8 Å². The highest BCUT2D eigenvalue weighted by Gasteiger charge is 2.33. The number of aliphatic carboxylic acids is 1. The van der Waals surface area contributed by atoms with Gasteiger partial charge in [0.25, 0.3) is 0 Å². The Morgan fingerprint density at radius 3 is 2.22 bits per heavy atom. The zero-order chi connectivity index (χ0) is 19.6. The summed E-state index contributed by atoms with van der Waals surface area (Å²) in [6.45, 7) is 4.07. The van der Waals surface area contributed by atoms with Crippen molar-refractivity contribution in [2.24, 2.45) is 11.8 Å². The Morgan fingerprint density at radius 1 is 0.963 bits per heavy atom. The molecule has 0 aliphatic heterocycles. The van der Waals surface area contributed by atoms with Gasteiger partial charge < -0.3 is 9.84 Å². The number of rotatable bonds is 10. The summed E-state index contributed by atoms with van der Waals surface area (Å²) < 4.78 is 5.26. The van der Waals surface area contributed by atoms with E-state index in [-0.39, 0.29) is 12.5 Å². The molecule has 1 N–H and O–H groups in total. The Hall–Kier alpha value is -2.62. The number of hydrogen-bond acceptors (Lipinski definition) is 3. The zero-order valence-corrected chi connectivity index (χ0v) is 16.1. The average molecular weight is 368 g/mol. The number of hydrogen-bond donors (Lipinski definition) is 1. The van der Waals surface area contributed by atoms with Crippen molar-refractivity contribution in [2.45, 2.75) is 39.5 Å². The van der Waals surface area contributed by atoms with Crippen molar-refractivity contribution >= 4 is 11.9 Å². The maximum atomic E-state index is 12.3. The fourth-order valence-corrected chi connectivity index (χ4v) is 3.08. The standard InChI is InChI=1S/C23H28O4/c1-17-10-13-20(14-11-17)15-12-18(2)21(22(24)25)23(26)27-16-6-9-19-7-4-3-5-8-19/h3-5,7-8,10-11,13-14,18,21H,6,9,12,15-16H2,1-2H3,(H,24,25). The van der Waals surface area contributed by atoms with E-state index in [4.69, 9.17) is 4.74 Å². The third kappa shape index (κ3) is 6.89. The second-order valence-corrected chi connectivity index (χ2v) is 7.07. The van der Waals surface area contributed by atoms with Gasteiger partial charge in [0.2, 0.25) is 0 Å². The van der Waals surface area contributed by atoms with E-state index in [1.165, 1.54) is 11.1 Å². The molecule has 4 nitrogen and oxygen atoms in total. The van der Waals surface area contributed by atoms with Gasteiger partial charge in [0, 0.05) is 0 Å². The van der Waals surface area contributed by atoms with Crippen LogP contribution in [0.1, 0.15) is 36.5 Å². The number of carboxylic acid groups (broad SMARTS) is 1. The number of benzene rings is 2. The van der Waals surface area contributed by atoms with Gasteiger partial charge in [-0.3, -0.25) is 9.59 Å². The van der Waals surface area contributed by atoms with E-state index in [2.05, 4.69) is 0 Å². The fraction of sp³-hybridized carbons (Fsp3) is 0.391. The molecule has 0 aliphatic rings. The fourth-order valence-electron chi connectivity index (χ4n) is 3.08. The Bertz CT molecular complexity index is 722. The van der Waals surface area contributed by atoms with Crippen LogP contribution in [0.3, 0.4) is 0 Å². The molecule has 0 aromatic heterocycles. The summed E-state index contributed by atoms with van der Waals surface area (Å²) in [6, 6.07) is 18.1. The number of carbonyl (C=O) groups excluding carboxylic acids is 1. The van der Waals surface area contributed by atoms with E-state index in [0.717, 1.165) is 18.4 Å². The van der Waals surface area contributed by atoms with Gasteiger partial charge >= 0.3 is 11.9 Å². The van der Waals surface area contributed by atoms with E-state index >= 15 is 0 Å². The minimum Gasteiger partial charge on any atom is -0.481 e. The van der Waals surface area contributed by atoms with Crippen LogP contribution in [0, 0.1) is 18.8 Å². The SMILES string of the molecule is Cc1ccc(CCC(C)C(C(=O)O)C(=O)OCCCc2ccccc2)cc1. The number of carboxylic acids is 1. The van der Waals surface area contributed by atoms with Crippen molar-refractivity contribution in [1.82, 2.24) is 0 Å². The van der Waals surface area contributed by atoms with Crippen LogP contribution in [0.4, 0.5) is 0 Å². The summed E-state index contributed by atoms with van der Waals surface area (Å²) in [5.74, 6) is -3.15. The first-order valence-electron chi connectivity index (χ1n) is 9.46. The first-order chi connectivity index (χ1) is 13.0. The second-order valence-electron chi connectivity index (χ2n) is 7.07. The van der Waals surface area contributed by atoms with Crippen LogP contribution < -0.4 is 0 Å². The lowest BCUT2D eigenvalue weighted by Gasteiger charge is -2.19. The predicted molar refractivity (Wildman–Crippen MR) is 106 cm³/mol. The van der Waals surface area contributed by atoms with Crippen LogP contribution in [-0.2, 0) is 27.2 Å². The van der Waals surface area contributed by atoms with Gasteiger partial charge in [-0.25, -0.2) is 0 Å². The molecule has 0 amide bonds. The highest BCUT2D eigenvalue weighted by atomic mass is 16.5. The molecule has 2 rings (SSSR count). The lowest BCUT2D eigenvalue weighted by molar-refractivity contribution is -0.161. The maximum absolute atomic E-state index is 12.3. The zero-order valence-electron chi connectivity index (χ0n) is 16.1. The Kier molecular flexibility index (Phi) is 8.05. The molecule has 27 heavy (non-hydrogen) atoms. The van der Waals surface area contributed by atoms with E-state index in [1.54, 1.807) is 6.92 Å². The van der Waals surface area contributed by atoms with Crippen LogP contribution in [0.25, 0.3) is 0 Å². The summed E-state index contributed by atoms with van der Waals surface area (Å²) in [7, 11) is 0. The van der Waals surface area contributed by atoms with Gasteiger partial charge in [0.05, 0.1) is 6.61 Å². The number of ether oxygens (including phenoxy) is 1. The smallest absolute Gasteiger partial charge is 0.320 e. The minimum absolute atomic E-state index is 0.238. The molecule has 0 saturated carbocycles. The predicted octanol–water partition coefficient (Wildman–Crippen LogP) is 4.44. The number of aryl methyl sites for hydroxylation is 3. The van der Waals surface area contributed by atoms with E-state index in [9.17, 15) is 14.7 Å². The first kappa shape index (κ1) is 20.7. The third-order valence-corrected chi connectivity index (χ3v) is 4.79. The summed E-state index contributed by atoms with van der Waals surface area (Å²) in [6.07, 6.45) is 2.85. The third-order valence-electron chi connectivity index (χ3n) is 4.79. The van der Waals surface area contributed by atoms with Gasteiger partial charge in [-0.15, -0.1) is 0 Å². The van der Waals surface area contributed by atoms with Crippen LogP contribution in [0.2, 0.25) is 0 Å². The topological polar surface area (TPSA) is 63.6 Å². The largest absolute Gasteiger partial charge is 0.481 e. The highest BCUT2D eigenvalue weighted by Crippen LogP contribution is 2.21. The van der Waals surface area contributed by atoms with Gasteiger partial charge in [-0.2, -0.15) is 0 Å². The normalized spacial score (nSPS) is 13.0. The van der Waals surface area contributed by atoms with Crippen LogP contribution in [0.15, 0.2) is 54.6 Å². The van der Waals surface area contributed by atoms with Gasteiger partial charge in [0.1, 0.15) is 0 Å². The second kappa shape index (κ2) is 10.5. The Balaban J connectivity index is 1.80. The molecular formula is C23H28O4. The Labute approximate surface area is 161 Å². The Morgan fingerprint density at radius 2 is 1.59 bits per heavy atom. The van der Waals surface area contributed by atoms with Gasteiger partial charge in [-0.1, -0.05) is 67.1 Å². The summed E-state index contributed by atoms with van der Waals surface area (Å²) in [5.41, 5.74) is 3.51. The molecule has 0 saturated heterocycles. The molecule has 2 aromatic rings. The minimum atomic E-state index is -1.12. The lowest BCUT2D eigenvalue weighted by atomic mass is 9.88. The lowest BCUT2D eigenvalue weighted by Crippen LogP contribution is -2.32. The van der Waals surface area contributed by atoms with Crippen molar-refractivity contribution in [1.29, 1.82) is 0 Å². The monoisotopic (exact) mass is 368 g/mol. The molecule has 2 unspecified atom stereocenters. The van der Waals surface area contributed by atoms with E-state index in [1.807, 2.05) is 61.5 Å². The maximum Gasteiger partial charge on any atom is 0.320 e. The number of esters is 1. The molecule has 2 aromatic carbocycles. The molecule has 144 valence electrons. The summed E-state index contributed by atoms with van der Waals surface area (Å²) in [5, 5.41) is 9.48. The molecule has 0 radical (unpaired) electrons. The first-order valence-corrected chi connectivity index (χ1v) is 9.46. The van der Waals surface area contributed by atoms with Crippen molar-refractivity contribution in [2.75, 3.05) is 6.61 Å². The van der Waals surface area contributed by atoms with Crippen molar-refractivity contribution in [3.8, 4) is 0 Å². The molecule has 0 aliphatic carbocycles. The van der Waals surface area contributed by atoms with Crippen molar-refractivity contribution < 1.29 is 19.4 Å². The average Bonchev–Trinajstić information content (AvgIpc) is 2.65. The highest BCUT2D eigenvalue weighted by molar-refractivity contribution is 5.94. The van der Waals surface area contributed by atoms with E-state index < -0.39 is 17.9 Å². The van der Waals surface area contributed by atoms with Crippen LogP contribution in [-0.4, -0.2) is 23.7 Å². The molecule has 0 fully saturated rings. The molecular weight excluding hydrogens is 340 g/mol. The quantitative estimate of drug-likeness (QED) is 0.382. The van der Waals surface area contributed by atoms with Gasteiger partial charge in [0.15, 0.2) is 5.92 Å². The summed E-state index contributed by atoms with van der Waals surface area (Å²) >= 11 is 0. The van der Waals surface area contributed by atoms with Crippen LogP contribution >= 0.6 is 0 Å². The molecule has 4 heteroatoms. The van der Waals surface area contributed by atoms with Crippen molar-refractivity contribution in [3.63, 3.8) is 0 Å². The molecule has 2 atom stereocenters. The molecule has 0 spiro atoms. The molecule has 0 bridgehead atoms. The van der Waals surface area contributed by atoms with Crippen molar-refractivity contribution in [3.05, 3.63) is 71.3 Å².